The Morgan fingerprint density at radius 1 is 1.11 bits per heavy atom. The molecule has 0 atom stereocenters. The molecule has 0 N–H and O–H groups in total. The highest BCUT2D eigenvalue weighted by molar-refractivity contribution is 5.72. The van der Waals surface area contributed by atoms with E-state index in [2.05, 4.69) is 9.97 Å². The van der Waals surface area contributed by atoms with Crippen LogP contribution < -0.4 is 4.74 Å². The van der Waals surface area contributed by atoms with Crippen molar-refractivity contribution < 1.29 is 13.5 Å². The fraction of sp³-hybridized carbons (Fsp3) is 0.143. The number of benzene rings is 1. The van der Waals surface area contributed by atoms with Crippen molar-refractivity contribution in [2.75, 3.05) is 6.61 Å². The first-order valence-electron chi connectivity index (χ1n) is 5.92. The summed E-state index contributed by atoms with van der Waals surface area (Å²) in [5.74, 6) is 0.615. The van der Waals surface area contributed by atoms with E-state index in [4.69, 9.17) is 9.15 Å². The van der Waals surface area contributed by atoms with Crippen molar-refractivity contribution >= 4 is 11.2 Å². The molecule has 0 aliphatic carbocycles. The maximum absolute atomic E-state index is 13.0. The zero-order valence-corrected chi connectivity index (χ0v) is 10.3. The number of hydrogen-bond acceptors (Lipinski definition) is 4. The number of aromatic nitrogens is 2. The minimum Gasteiger partial charge on any atom is -0.494 e. The third-order valence-corrected chi connectivity index (χ3v) is 2.63. The summed E-state index contributed by atoms with van der Waals surface area (Å²) >= 11 is 0. The molecule has 96 valence electrons. The number of fused-ring (bicyclic) bond motifs is 1. The van der Waals surface area contributed by atoms with Gasteiger partial charge in [-0.1, -0.05) is 0 Å². The van der Waals surface area contributed by atoms with Gasteiger partial charge in [-0.2, -0.15) is 9.37 Å². The molecule has 0 spiro atoms. The average Bonchev–Trinajstić information content (AvgIpc) is 2.83. The van der Waals surface area contributed by atoms with Gasteiger partial charge in [0.05, 0.1) is 6.61 Å². The van der Waals surface area contributed by atoms with Crippen molar-refractivity contribution in [3.8, 4) is 17.2 Å². The summed E-state index contributed by atoms with van der Waals surface area (Å²) in [6, 6.07) is 10.1. The maximum Gasteiger partial charge on any atom is 0.250 e. The summed E-state index contributed by atoms with van der Waals surface area (Å²) in [6.45, 7) is 2.54. The van der Waals surface area contributed by atoms with Gasteiger partial charge in [-0.25, -0.2) is 4.98 Å². The van der Waals surface area contributed by atoms with E-state index >= 15 is 0 Å². The van der Waals surface area contributed by atoms with Crippen LogP contribution in [0.15, 0.2) is 40.8 Å². The maximum atomic E-state index is 13.0. The second-order valence-electron chi connectivity index (χ2n) is 3.93. The van der Waals surface area contributed by atoms with Gasteiger partial charge >= 0.3 is 0 Å². The minimum atomic E-state index is -0.582. The Balaban J connectivity index is 1.99. The Labute approximate surface area is 108 Å². The van der Waals surface area contributed by atoms with E-state index in [9.17, 15) is 4.39 Å². The van der Waals surface area contributed by atoms with Crippen LogP contribution in [0.4, 0.5) is 4.39 Å². The molecule has 19 heavy (non-hydrogen) atoms. The molecule has 5 heteroatoms. The Morgan fingerprint density at radius 3 is 2.63 bits per heavy atom. The summed E-state index contributed by atoms with van der Waals surface area (Å²) in [5, 5.41) is 0. The number of rotatable bonds is 3. The van der Waals surface area contributed by atoms with Gasteiger partial charge in [0, 0.05) is 5.56 Å². The molecular formula is C14H11FN2O2. The zero-order valence-electron chi connectivity index (χ0n) is 10.3. The van der Waals surface area contributed by atoms with E-state index in [1.165, 1.54) is 6.07 Å². The Morgan fingerprint density at radius 2 is 1.89 bits per heavy atom. The van der Waals surface area contributed by atoms with E-state index in [0.29, 0.717) is 18.0 Å². The van der Waals surface area contributed by atoms with Crippen LogP contribution in [0.5, 0.6) is 5.75 Å². The van der Waals surface area contributed by atoms with Gasteiger partial charge in [-0.3, -0.25) is 0 Å². The smallest absolute Gasteiger partial charge is 0.250 e. The van der Waals surface area contributed by atoms with Crippen molar-refractivity contribution in [2.24, 2.45) is 0 Å². The summed E-state index contributed by atoms with van der Waals surface area (Å²) in [5.41, 5.74) is 1.52. The molecule has 0 fully saturated rings. The van der Waals surface area contributed by atoms with Gasteiger partial charge in [-0.05, 0) is 43.3 Å². The lowest BCUT2D eigenvalue weighted by Crippen LogP contribution is -1.90. The molecule has 3 rings (SSSR count). The minimum absolute atomic E-state index is 0.198. The second kappa shape index (κ2) is 4.68. The summed E-state index contributed by atoms with van der Waals surface area (Å²) in [4.78, 5) is 7.91. The van der Waals surface area contributed by atoms with Gasteiger partial charge in [0.1, 0.15) is 11.3 Å². The number of oxazole rings is 1. The van der Waals surface area contributed by atoms with Gasteiger partial charge in [0.25, 0.3) is 0 Å². The number of pyridine rings is 1. The molecule has 0 radical (unpaired) electrons. The molecule has 4 nitrogen and oxygen atoms in total. The first kappa shape index (κ1) is 11.6. The number of halogens is 1. The third-order valence-electron chi connectivity index (χ3n) is 2.63. The first-order valence-corrected chi connectivity index (χ1v) is 5.92. The topological polar surface area (TPSA) is 48.2 Å². The van der Waals surface area contributed by atoms with Crippen molar-refractivity contribution in [3.05, 3.63) is 42.3 Å². The van der Waals surface area contributed by atoms with Gasteiger partial charge in [0.2, 0.25) is 17.6 Å². The molecule has 2 aromatic heterocycles. The molecule has 0 bridgehead atoms. The Hall–Kier alpha value is -2.43. The SMILES string of the molecule is CCOc1ccc(-c2nc3ccc(F)nc3o2)cc1. The molecule has 0 aliphatic heterocycles. The molecule has 0 saturated carbocycles. The lowest BCUT2D eigenvalue weighted by Gasteiger charge is -2.02. The Bertz CT molecular complexity index is 707. The molecule has 2 heterocycles. The van der Waals surface area contributed by atoms with Crippen molar-refractivity contribution in [1.82, 2.24) is 9.97 Å². The van der Waals surface area contributed by atoms with Gasteiger partial charge < -0.3 is 9.15 Å². The van der Waals surface area contributed by atoms with Crippen molar-refractivity contribution in [2.45, 2.75) is 6.92 Å². The van der Waals surface area contributed by atoms with Gasteiger partial charge in [-0.15, -0.1) is 0 Å². The number of hydrogen-bond donors (Lipinski definition) is 0. The normalized spacial score (nSPS) is 10.8. The molecule has 3 aromatic rings. The van der Waals surface area contributed by atoms with Crippen LogP contribution in [-0.4, -0.2) is 16.6 Å². The van der Waals surface area contributed by atoms with E-state index in [1.807, 2.05) is 31.2 Å². The van der Waals surface area contributed by atoms with E-state index in [0.717, 1.165) is 11.3 Å². The molecule has 1 aromatic carbocycles. The van der Waals surface area contributed by atoms with Crippen LogP contribution in [0, 0.1) is 5.95 Å². The summed E-state index contributed by atoms with van der Waals surface area (Å²) in [7, 11) is 0. The highest BCUT2D eigenvalue weighted by Crippen LogP contribution is 2.25. The average molecular weight is 258 g/mol. The highest BCUT2D eigenvalue weighted by Gasteiger charge is 2.10. The van der Waals surface area contributed by atoms with Crippen LogP contribution in [0.2, 0.25) is 0 Å². The standard InChI is InChI=1S/C14H11FN2O2/c1-2-18-10-5-3-9(4-6-10)13-16-11-7-8-12(15)17-14(11)19-13/h3-8H,2H2,1H3. The zero-order chi connectivity index (χ0) is 13.2. The summed E-state index contributed by atoms with van der Waals surface area (Å²) < 4.78 is 23.8. The van der Waals surface area contributed by atoms with Crippen LogP contribution in [0.3, 0.4) is 0 Å². The van der Waals surface area contributed by atoms with E-state index < -0.39 is 5.95 Å². The molecule has 0 amide bonds. The molecule has 0 unspecified atom stereocenters. The lowest BCUT2D eigenvalue weighted by molar-refractivity contribution is 0.340. The molecule has 0 aliphatic rings. The van der Waals surface area contributed by atoms with Crippen LogP contribution in [0.25, 0.3) is 22.7 Å². The first-order chi connectivity index (χ1) is 9.26. The molecule has 0 saturated heterocycles. The van der Waals surface area contributed by atoms with Crippen LogP contribution >= 0.6 is 0 Å². The highest BCUT2D eigenvalue weighted by atomic mass is 19.1. The second-order valence-corrected chi connectivity index (χ2v) is 3.93. The Kier molecular flexibility index (Phi) is 2.87. The van der Waals surface area contributed by atoms with Gasteiger partial charge in [0.15, 0.2) is 0 Å². The fourth-order valence-electron chi connectivity index (χ4n) is 1.78. The number of nitrogens with zero attached hydrogens (tertiary/aromatic N) is 2. The van der Waals surface area contributed by atoms with Crippen molar-refractivity contribution in [3.63, 3.8) is 0 Å². The quantitative estimate of drug-likeness (QED) is 0.675. The fourth-order valence-corrected chi connectivity index (χ4v) is 1.78. The monoisotopic (exact) mass is 258 g/mol. The summed E-state index contributed by atoms with van der Waals surface area (Å²) in [6.07, 6.45) is 0. The third kappa shape index (κ3) is 2.27. The van der Waals surface area contributed by atoms with Crippen LogP contribution in [-0.2, 0) is 0 Å². The molecular weight excluding hydrogens is 247 g/mol. The van der Waals surface area contributed by atoms with Crippen molar-refractivity contribution in [1.29, 1.82) is 0 Å². The predicted molar refractivity (Wildman–Crippen MR) is 68.4 cm³/mol. The largest absolute Gasteiger partial charge is 0.494 e. The van der Waals surface area contributed by atoms with Crippen LogP contribution in [0.1, 0.15) is 6.92 Å². The van der Waals surface area contributed by atoms with E-state index in [-0.39, 0.29) is 5.71 Å². The van der Waals surface area contributed by atoms with E-state index in [1.54, 1.807) is 6.07 Å². The lowest BCUT2D eigenvalue weighted by atomic mass is 10.2. The predicted octanol–water partition coefficient (Wildman–Crippen LogP) is 3.43. The number of ether oxygens (including phenoxy) is 1.